The zero-order chi connectivity index (χ0) is 33.9. The lowest BCUT2D eigenvalue weighted by Gasteiger charge is -2.67. The summed E-state index contributed by atoms with van der Waals surface area (Å²) in [5, 5.41) is 32.8. The van der Waals surface area contributed by atoms with E-state index in [4.69, 9.17) is 18.9 Å². The van der Waals surface area contributed by atoms with Gasteiger partial charge in [-0.25, -0.2) is 0 Å². The number of fused-ring (bicyclic) bond motifs is 4. The van der Waals surface area contributed by atoms with Gasteiger partial charge in [-0.05, 0) is 110 Å². The molecule has 5 saturated carbocycles. The third-order valence-corrected chi connectivity index (χ3v) is 15.9. The van der Waals surface area contributed by atoms with Gasteiger partial charge in [-0.1, -0.05) is 41.5 Å². The lowest BCUT2D eigenvalue weighted by molar-refractivity contribution is -0.251. The van der Waals surface area contributed by atoms with E-state index in [9.17, 15) is 24.9 Å². The number of aldehydes is 1. The van der Waals surface area contributed by atoms with Crippen LogP contribution in [0.5, 0.6) is 0 Å². The Hall–Kier alpha value is -1.10. The zero-order valence-electron chi connectivity index (χ0n) is 29.6. The summed E-state index contributed by atoms with van der Waals surface area (Å²) in [6, 6.07) is 0. The largest absolute Gasteiger partial charge is 0.457 e. The fourth-order valence-corrected chi connectivity index (χ4v) is 13.4. The monoisotopic (exact) mass is 648 g/mol. The molecule has 6 fully saturated rings. The van der Waals surface area contributed by atoms with Crippen LogP contribution in [0.3, 0.4) is 0 Å². The molecule has 0 unspecified atom stereocenters. The van der Waals surface area contributed by atoms with Crippen molar-refractivity contribution in [1.29, 1.82) is 0 Å². The molecule has 1 heterocycles. The average molecular weight is 649 g/mol. The number of carbonyl (C=O) groups is 2. The number of hydrogen-bond donors (Lipinski definition) is 3. The zero-order valence-corrected chi connectivity index (χ0v) is 29.6. The molecule has 9 nitrogen and oxygen atoms in total. The van der Waals surface area contributed by atoms with E-state index in [0.29, 0.717) is 18.6 Å². The Morgan fingerprint density at radius 3 is 2.39 bits per heavy atom. The van der Waals surface area contributed by atoms with E-state index in [2.05, 4.69) is 41.5 Å². The quantitative estimate of drug-likeness (QED) is 0.183. The molecule has 9 heteroatoms. The predicted molar refractivity (Wildman–Crippen MR) is 170 cm³/mol. The van der Waals surface area contributed by atoms with Gasteiger partial charge < -0.3 is 34.3 Å². The van der Waals surface area contributed by atoms with Crippen molar-refractivity contribution in [1.82, 2.24) is 0 Å². The molecule has 0 aromatic rings. The van der Waals surface area contributed by atoms with Crippen molar-refractivity contribution in [3.8, 4) is 0 Å². The first-order chi connectivity index (χ1) is 21.3. The van der Waals surface area contributed by atoms with Gasteiger partial charge in [0.25, 0.3) is 0 Å². The number of carbonyl (C=O) groups excluding carboxylic acids is 2. The summed E-state index contributed by atoms with van der Waals surface area (Å²) in [7, 11) is 0. The Morgan fingerprint density at radius 1 is 1.09 bits per heavy atom. The van der Waals surface area contributed by atoms with Gasteiger partial charge in [0.15, 0.2) is 12.4 Å². The second-order valence-electron chi connectivity index (χ2n) is 18.0. The summed E-state index contributed by atoms with van der Waals surface area (Å²) < 4.78 is 24.3. The maximum Gasteiger partial charge on any atom is 0.303 e. The van der Waals surface area contributed by atoms with E-state index >= 15 is 0 Å². The lowest BCUT2D eigenvalue weighted by Crippen LogP contribution is -2.63. The van der Waals surface area contributed by atoms with Crippen molar-refractivity contribution in [2.75, 3.05) is 13.2 Å². The highest BCUT2D eigenvalue weighted by Crippen LogP contribution is 2.92. The van der Waals surface area contributed by atoms with Crippen LogP contribution in [0.2, 0.25) is 0 Å². The number of ether oxygens (including phenoxy) is 4. The highest BCUT2D eigenvalue weighted by atomic mass is 16.7. The molecule has 14 atom stereocenters. The van der Waals surface area contributed by atoms with Gasteiger partial charge in [-0.2, -0.15) is 0 Å². The highest BCUT2D eigenvalue weighted by Gasteiger charge is 2.87. The molecule has 0 bridgehead atoms. The summed E-state index contributed by atoms with van der Waals surface area (Å²) in [5.74, 6) is 0.304. The molecule has 0 aromatic heterocycles. The lowest BCUT2D eigenvalue weighted by atomic mass is 9.38. The Kier molecular flexibility index (Phi) is 8.27. The molecule has 1 saturated heterocycles. The van der Waals surface area contributed by atoms with E-state index in [0.717, 1.165) is 44.9 Å². The number of esters is 1. The molecule has 1 aliphatic heterocycles. The third kappa shape index (κ3) is 4.33. The standard InChI is InChI=1S/C37H60O9/c1-21-18-23(30(32(5,6)42)44-22(2)40)45-28-27(21)33(7)14-15-36-20-37(36)13-11-25(46-26(19-39)43-17-16-38)31(3,4)34(37,8)12-10-24(36)35(33,9)29(28)41/h19,21,23-30,38,41-42H,10-18,20H2,1-9H3/t21-,23-,24+,25+,26+,27+,28+,29+,30+,33-,34+,35-,36+,37-/m1/s1. The maximum atomic E-state index is 12.5. The van der Waals surface area contributed by atoms with Crippen LogP contribution in [-0.4, -0.2) is 83.2 Å². The maximum absolute atomic E-state index is 12.5. The van der Waals surface area contributed by atoms with Gasteiger partial charge in [0.2, 0.25) is 6.29 Å². The molecular formula is C37H60O9. The van der Waals surface area contributed by atoms with Gasteiger partial charge in [0, 0.05) is 12.3 Å². The predicted octanol–water partition coefficient (Wildman–Crippen LogP) is 4.81. The summed E-state index contributed by atoms with van der Waals surface area (Å²) in [5.41, 5.74) is -1.68. The molecular weight excluding hydrogens is 588 g/mol. The molecule has 3 N–H and O–H groups in total. The highest BCUT2D eigenvalue weighted by molar-refractivity contribution is 5.66. The minimum Gasteiger partial charge on any atom is -0.457 e. The molecule has 6 aliphatic rings. The topological polar surface area (TPSA) is 132 Å². The van der Waals surface area contributed by atoms with Crippen LogP contribution in [0.25, 0.3) is 0 Å². The molecule has 2 spiro atoms. The summed E-state index contributed by atoms with van der Waals surface area (Å²) >= 11 is 0. The minimum atomic E-state index is -1.28. The Labute approximate surface area is 275 Å². The first-order valence-corrected chi connectivity index (χ1v) is 17.9. The van der Waals surface area contributed by atoms with Crippen LogP contribution in [-0.2, 0) is 28.5 Å². The summed E-state index contributed by atoms with van der Waals surface area (Å²) in [6.45, 7) is 18.7. The van der Waals surface area contributed by atoms with Crippen LogP contribution < -0.4 is 0 Å². The van der Waals surface area contributed by atoms with Gasteiger partial charge in [0.05, 0.1) is 43.2 Å². The molecule has 262 valence electrons. The Morgan fingerprint density at radius 2 is 1.78 bits per heavy atom. The number of aliphatic hydroxyl groups is 3. The first kappa shape index (κ1) is 34.8. The fraction of sp³-hybridized carbons (Fsp3) is 0.946. The van der Waals surface area contributed by atoms with E-state index in [-0.39, 0.29) is 69.7 Å². The van der Waals surface area contributed by atoms with Crippen molar-refractivity contribution in [2.45, 2.75) is 156 Å². The summed E-state index contributed by atoms with van der Waals surface area (Å²) in [4.78, 5) is 23.9. The van der Waals surface area contributed by atoms with Crippen molar-refractivity contribution in [3.63, 3.8) is 0 Å². The van der Waals surface area contributed by atoms with Crippen molar-refractivity contribution in [2.24, 2.45) is 50.2 Å². The molecule has 0 radical (unpaired) electrons. The molecule has 5 aliphatic carbocycles. The SMILES string of the molecule is CC(=O)O[C@@H]([C@H]1C[C@@H](C)[C@H]2[C@H](O1)[C@H](O)[C@@]1(C)[C@@H]3CC[C@@]4(C)C(C)(C)[C@@H](O[C@@H](C=O)OCCO)CC[C@@]45C[C@@]35CC[C@]21C)C(C)(C)O. The minimum absolute atomic E-state index is 0.0108. The number of aliphatic hydroxyl groups excluding tert-OH is 2. The molecule has 6 rings (SSSR count). The second-order valence-corrected chi connectivity index (χ2v) is 18.0. The van der Waals surface area contributed by atoms with E-state index < -0.39 is 36.2 Å². The van der Waals surface area contributed by atoms with Gasteiger partial charge in [-0.3, -0.25) is 9.59 Å². The van der Waals surface area contributed by atoms with Crippen molar-refractivity contribution >= 4 is 12.3 Å². The first-order valence-electron chi connectivity index (χ1n) is 17.9. The van der Waals surface area contributed by atoms with E-state index in [1.54, 1.807) is 13.8 Å². The van der Waals surface area contributed by atoms with E-state index in [1.165, 1.54) is 6.92 Å². The molecule has 0 aromatic carbocycles. The normalized spacial score (nSPS) is 50.1. The van der Waals surface area contributed by atoms with Gasteiger partial charge in [-0.15, -0.1) is 0 Å². The van der Waals surface area contributed by atoms with Gasteiger partial charge >= 0.3 is 5.97 Å². The van der Waals surface area contributed by atoms with Crippen molar-refractivity contribution < 1.29 is 43.9 Å². The number of rotatable bonds is 9. The smallest absolute Gasteiger partial charge is 0.303 e. The molecule has 46 heavy (non-hydrogen) atoms. The second kappa shape index (κ2) is 10.9. The molecule has 0 amide bonds. The Bertz CT molecular complexity index is 1210. The third-order valence-electron chi connectivity index (χ3n) is 15.9. The van der Waals surface area contributed by atoms with Crippen LogP contribution in [0.15, 0.2) is 0 Å². The van der Waals surface area contributed by atoms with Crippen LogP contribution in [0.4, 0.5) is 0 Å². The average Bonchev–Trinajstić information content (AvgIpc) is 3.61. The van der Waals surface area contributed by atoms with Crippen molar-refractivity contribution in [3.05, 3.63) is 0 Å². The van der Waals surface area contributed by atoms with E-state index in [1.807, 2.05) is 0 Å². The van der Waals surface area contributed by atoms with Crippen LogP contribution in [0.1, 0.15) is 114 Å². The van der Waals surface area contributed by atoms with Crippen LogP contribution >= 0.6 is 0 Å². The van der Waals surface area contributed by atoms with Crippen LogP contribution in [0, 0.1) is 50.2 Å². The number of hydrogen-bond acceptors (Lipinski definition) is 9. The Balaban J connectivity index is 1.30. The van der Waals surface area contributed by atoms with Gasteiger partial charge in [0.1, 0.15) is 0 Å². The fourth-order valence-electron chi connectivity index (χ4n) is 13.4. The summed E-state index contributed by atoms with van der Waals surface area (Å²) in [6.07, 6.45) is 5.15.